The zero-order valence-corrected chi connectivity index (χ0v) is 12.1. The minimum atomic E-state index is -0.275. The van der Waals surface area contributed by atoms with E-state index in [1.165, 1.54) is 0 Å². The van der Waals surface area contributed by atoms with Crippen LogP contribution in [0.2, 0.25) is 0 Å². The minimum Gasteiger partial charge on any atom is -0.258 e. The van der Waals surface area contributed by atoms with E-state index in [0.717, 1.165) is 28.0 Å². The van der Waals surface area contributed by atoms with Gasteiger partial charge in [-0.05, 0) is 51.4 Å². The van der Waals surface area contributed by atoms with Crippen LogP contribution in [0.4, 0.5) is 5.69 Å². The van der Waals surface area contributed by atoms with Crippen molar-refractivity contribution in [3.8, 4) is 0 Å². The summed E-state index contributed by atoms with van der Waals surface area (Å²) in [5.41, 5.74) is 2.31. The predicted molar refractivity (Wildman–Crippen MR) is 83.9 cm³/mol. The van der Waals surface area contributed by atoms with Crippen LogP contribution in [0, 0.1) is 13.7 Å². The monoisotopic (exact) mass is 363 g/mol. The smallest absolute Gasteiger partial charge is 0.258 e. The summed E-state index contributed by atoms with van der Waals surface area (Å²) in [4.78, 5) is 11.1. The van der Waals surface area contributed by atoms with Crippen LogP contribution in [0.25, 0.3) is 11.6 Å². The quantitative estimate of drug-likeness (QED) is 0.437. The van der Waals surface area contributed by atoms with Gasteiger partial charge in [0.25, 0.3) is 5.69 Å². The van der Waals surface area contributed by atoms with Gasteiger partial charge in [-0.1, -0.05) is 42.5 Å². The van der Waals surface area contributed by atoms with Crippen LogP contribution >= 0.6 is 22.6 Å². The third kappa shape index (κ3) is 2.06. The molecule has 0 fully saturated rings. The van der Waals surface area contributed by atoms with E-state index in [1.54, 1.807) is 6.07 Å². The topological polar surface area (TPSA) is 43.1 Å². The Hall–Kier alpha value is -1.69. The number of hydrogen-bond donors (Lipinski definition) is 0. The summed E-state index contributed by atoms with van der Waals surface area (Å²) >= 11 is 2.03. The Balaban J connectivity index is 2.54. The molecule has 2 aliphatic carbocycles. The van der Waals surface area contributed by atoms with Crippen LogP contribution in [-0.4, -0.2) is 4.92 Å². The lowest BCUT2D eigenvalue weighted by Gasteiger charge is -2.10. The van der Waals surface area contributed by atoms with Gasteiger partial charge in [-0.25, -0.2) is 0 Å². The van der Waals surface area contributed by atoms with Gasteiger partial charge in [0.2, 0.25) is 0 Å². The minimum absolute atomic E-state index is 0.217. The molecular weight excluding hydrogens is 353 g/mol. The first-order chi connectivity index (χ1) is 9.18. The third-order valence-electron chi connectivity index (χ3n) is 3.28. The lowest BCUT2D eigenvalue weighted by Crippen LogP contribution is -2.30. The van der Waals surface area contributed by atoms with Crippen molar-refractivity contribution in [2.75, 3.05) is 0 Å². The molecule has 0 N–H and O–H groups in total. The van der Waals surface area contributed by atoms with Crippen molar-refractivity contribution < 1.29 is 4.92 Å². The number of halogens is 1. The van der Waals surface area contributed by atoms with Gasteiger partial charge in [-0.15, -0.1) is 0 Å². The number of fused-ring (bicyclic) bond motifs is 2. The van der Waals surface area contributed by atoms with E-state index in [4.69, 9.17) is 0 Å². The summed E-state index contributed by atoms with van der Waals surface area (Å²) in [6.07, 6.45) is 12.7. The van der Waals surface area contributed by atoms with Crippen LogP contribution < -0.4 is 10.4 Å². The number of nitrogens with zero attached hydrogens (tertiary/aromatic N) is 1. The molecule has 0 saturated carbocycles. The van der Waals surface area contributed by atoms with Gasteiger partial charge in [0.05, 0.1) is 13.7 Å². The van der Waals surface area contributed by atoms with Gasteiger partial charge in [0.1, 0.15) is 0 Å². The second kappa shape index (κ2) is 4.77. The lowest BCUT2D eigenvalue weighted by molar-refractivity contribution is -0.386. The molecule has 0 aromatic heterocycles. The SMILES string of the molecule is O=[N+]([O-])c1c(I)ccc2c1=C1CC=CC=C1C=CC=2. The molecule has 0 spiro atoms. The van der Waals surface area contributed by atoms with Crippen molar-refractivity contribution in [2.24, 2.45) is 0 Å². The number of benzene rings is 1. The highest BCUT2D eigenvalue weighted by molar-refractivity contribution is 14.1. The highest BCUT2D eigenvalue weighted by atomic mass is 127. The maximum Gasteiger partial charge on any atom is 0.290 e. The number of nitro benzene ring substituents is 1. The van der Waals surface area contributed by atoms with E-state index in [9.17, 15) is 10.1 Å². The van der Waals surface area contributed by atoms with Crippen LogP contribution in [0.15, 0.2) is 48.1 Å². The second-order valence-corrected chi connectivity index (χ2v) is 5.54. The first-order valence-corrected chi connectivity index (χ1v) is 6.98. The molecule has 94 valence electrons. The van der Waals surface area contributed by atoms with Gasteiger partial charge >= 0.3 is 0 Å². The molecule has 0 saturated heterocycles. The molecule has 0 bridgehead atoms. The standard InChI is InChI=1S/C15H10INO2/c16-13-9-8-11-6-3-5-10-4-1-2-7-12(10)14(11)15(13)17(18)19/h1-6,8-9H,7H2. The Morgan fingerprint density at radius 3 is 2.84 bits per heavy atom. The maximum absolute atomic E-state index is 11.4. The van der Waals surface area contributed by atoms with Crippen LogP contribution in [0.1, 0.15) is 6.42 Å². The van der Waals surface area contributed by atoms with Crippen LogP contribution in [0.5, 0.6) is 0 Å². The molecule has 0 aliphatic heterocycles. The fraction of sp³-hybridized carbons (Fsp3) is 0.0667. The fourth-order valence-corrected chi connectivity index (χ4v) is 3.10. The lowest BCUT2D eigenvalue weighted by atomic mass is 9.95. The van der Waals surface area contributed by atoms with Gasteiger partial charge in [-0.2, -0.15) is 0 Å². The summed E-state index contributed by atoms with van der Waals surface area (Å²) < 4.78 is 0.679. The van der Waals surface area contributed by atoms with Crippen molar-refractivity contribution in [3.63, 3.8) is 0 Å². The zero-order chi connectivity index (χ0) is 13.4. The van der Waals surface area contributed by atoms with E-state index in [0.29, 0.717) is 3.57 Å². The normalized spacial score (nSPS) is 16.1. The molecule has 2 aliphatic rings. The van der Waals surface area contributed by atoms with E-state index in [1.807, 2.05) is 65.1 Å². The van der Waals surface area contributed by atoms with E-state index in [-0.39, 0.29) is 10.6 Å². The molecule has 1 aromatic rings. The highest BCUT2D eigenvalue weighted by Gasteiger charge is 2.19. The van der Waals surface area contributed by atoms with Crippen molar-refractivity contribution >= 4 is 39.9 Å². The van der Waals surface area contributed by atoms with Gasteiger partial charge in [0, 0.05) is 0 Å². The number of rotatable bonds is 1. The molecular formula is C15H10INO2. The summed E-state index contributed by atoms with van der Waals surface area (Å²) in [5, 5.41) is 13.1. The molecule has 3 rings (SSSR count). The van der Waals surface area contributed by atoms with Gasteiger partial charge < -0.3 is 0 Å². The third-order valence-corrected chi connectivity index (χ3v) is 4.15. The largest absolute Gasteiger partial charge is 0.290 e. The molecule has 4 heteroatoms. The maximum atomic E-state index is 11.4. The predicted octanol–water partition coefficient (Wildman–Crippen LogP) is 2.59. The van der Waals surface area contributed by atoms with Crippen molar-refractivity contribution in [2.45, 2.75) is 6.42 Å². The summed E-state index contributed by atoms with van der Waals surface area (Å²) in [6, 6.07) is 3.75. The molecule has 1 aromatic carbocycles. The first-order valence-electron chi connectivity index (χ1n) is 5.90. The number of allylic oxidation sites excluding steroid dienone is 6. The number of nitro groups is 1. The Bertz CT molecular complexity index is 785. The Morgan fingerprint density at radius 1 is 1.21 bits per heavy atom. The highest BCUT2D eigenvalue weighted by Crippen LogP contribution is 2.24. The van der Waals surface area contributed by atoms with E-state index >= 15 is 0 Å². The average Bonchev–Trinajstić information content (AvgIpc) is 2.58. The van der Waals surface area contributed by atoms with Crippen LogP contribution in [0.3, 0.4) is 0 Å². The molecule has 0 amide bonds. The molecule has 0 radical (unpaired) electrons. The molecule has 0 unspecified atom stereocenters. The van der Waals surface area contributed by atoms with Gasteiger partial charge in [0.15, 0.2) is 0 Å². The first kappa shape index (κ1) is 12.3. The Morgan fingerprint density at radius 2 is 2.05 bits per heavy atom. The van der Waals surface area contributed by atoms with Crippen LogP contribution in [-0.2, 0) is 0 Å². The van der Waals surface area contributed by atoms with Gasteiger partial charge in [-0.3, -0.25) is 10.1 Å². The average molecular weight is 363 g/mol. The molecule has 0 heterocycles. The summed E-state index contributed by atoms with van der Waals surface area (Å²) in [7, 11) is 0. The van der Waals surface area contributed by atoms with Crippen molar-refractivity contribution in [3.05, 3.63) is 72.2 Å². The van der Waals surface area contributed by atoms with Crippen molar-refractivity contribution in [1.29, 1.82) is 0 Å². The zero-order valence-electron chi connectivity index (χ0n) is 9.97. The molecule has 0 atom stereocenters. The van der Waals surface area contributed by atoms with Crippen molar-refractivity contribution in [1.82, 2.24) is 0 Å². The summed E-state index contributed by atoms with van der Waals surface area (Å²) in [5.74, 6) is 0. The summed E-state index contributed by atoms with van der Waals surface area (Å²) in [6.45, 7) is 0. The molecule has 3 nitrogen and oxygen atoms in total. The number of hydrogen-bond acceptors (Lipinski definition) is 2. The molecule has 19 heavy (non-hydrogen) atoms. The Labute approximate surface area is 123 Å². The second-order valence-electron chi connectivity index (χ2n) is 4.38. The fourth-order valence-electron chi connectivity index (χ4n) is 2.45. The van der Waals surface area contributed by atoms with E-state index in [2.05, 4.69) is 0 Å². The Kier molecular flexibility index (Phi) is 3.10. The van der Waals surface area contributed by atoms with E-state index < -0.39 is 0 Å².